The molecule has 1 fully saturated rings. The highest BCUT2D eigenvalue weighted by Gasteiger charge is 2.33. The number of benzene rings is 1. The second kappa shape index (κ2) is 10.3. The molecular weight excluding hydrogens is 432 g/mol. The first kappa shape index (κ1) is 23.8. The maximum Gasteiger partial charge on any atom is 0.259 e. The average Bonchev–Trinajstić information content (AvgIpc) is 2.98. The van der Waals surface area contributed by atoms with E-state index in [0.717, 1.165) is 6.42 Å². The Balaban J connectivity index is 0.00000182. The van der Waals surface area contributed by atoms with Crippen LogP contribution in [0.1, 0.15) is 23.7 Å². The highest BCUT2D eigenvalue weighted by molar-refractivity contribution is 6.35. The maximum atomic E-state index is 13.0. The zero-order chi connectivity index (χ0) is 18.0. The van der Waals surface area contributed by atoms with E-state index in [1.807, 2.05) is 11.8 Å². The molecule has 0 spiro atoms. The Labute approximate surface area is 181 Å². The van der Waals surface area contributed by atoms with E-state index in [-0.39, 0.29) is 42.6 Å². The van der Waals surface area contributed by atoms with Crippen LogP contribution in [0.2, 0.25) is 10.0 Å². The van der Waals surface area contributed by atoms with Gasteiger partial charge in [0.05, 0.1) is 5.02 Å². The molecular formula is C18H21Cl4N3O2. The largest absolute Gasteiger partial charge is 0.437 e. The third-order valence-electron chi connectivity index (χ3n) is 4.36. The summed E-state index contributed by atoms with van der Waals surface area (Å²) < 4.78 is 5.79. The lowest BCUT2D eigenvalue weighted by atomic mass is 10.1. The van der Waals surface area contributed by atoms with E-state index in [1.54, 1.807) is 36.5 Å². The molecule has 9 heteroatoms. The third-order valence-corrected chi connectivity index (χ3v) is 4.89. The summed E-state index contributed by atoms with van der Waals surface area (Å²) in [4.78, 5) is 19.0. The van der Waals surface area contributed by atoms with Gasteiger partial charge in [0.2, 0.25) is 5.88 Å². The van der Waals surface area contributed by atoms with Gasteiger partial charge in [-0.1, -0.05) is 23.2 Å². The van der Waals surface area contributed by atoms with E-state index in [9.17, 15) is 4.79 Å². The molecule has 1 aliphatic rings. The second-order valence-electron chi connectivity index (χ2n) is 6.18. The Morgan fingerprint density at radius 2 is 2.07 bits per heavy atom. The molecule has 2 aromatic rings. The van der Waals surface area contributed by atoms with Gasteiger partial charge in [-0.15, -0.1) is 24.8 Å². The van der Waals surface area contributed by atoms with Crippen molar-refractivity contribution >= 4 is 53.9 Å². The number of halogens is 4. The van der Waals surface area contributed by atoms with Gasteiger partial charge in [-0.3, -0.25) is 4.79 Å². The summed E-state index contributed by atoms with van der Waals surface area (Å²) in [7, 11) is 0. The SMILES string of the molecule is CC1CC(CN)CN1C(=O)c1cccnc1Oc1ccc(Cl)cc1Cl.Cl.Cl. The first-order valence-electron chi connectivity index (χ1n) is 8.08. The summed E-state index contributed by atoms with van der Waals surface area (Å²) in [6, 6.07) is 8.45. The van der Waals surface area contributed by atoms with Crippen molar-refractivity contribution in [3.8, 4) is 11.6 Å². The molecule has 2 atom stereocenters. The van der Waals surface area contributed by atoms with E-state index < -0.39 is 0 Å². The summed E-state index contributed by atoms with van der Waals surface area (Å²) in [5, 5.41) is 0.864. The number of hydrogen-bond donors (Lipinski definition) is 1. The Kier molecular flexibility index (Phi) is 9.12. The molecule has 27 heavy (non-hydrogen) atoms. The molecule has 3 rings (SSSR count). The monoisotopic (exact) mass is 451 g/mol. The van der Waals surface area contributed by atoms with Gasteiger partial charge in [0.25, 0.3) is 5.91 Å². The first-order chi connectivity index (χ1) is 12.0. The van der Waals surface area contributed by atoms with E-state index in [4.69, 9.17) is 33.7 Å². The number of amides is 1. The van der Waals surface area contributed by atoms with Crippen LogP contribution in [0.5, 0.6) is 11.6 Å². The summed E-state index contributed by atoms with van der Waals surface area (Å²) in [5.41, 5.74) is 6.16. The van der Waals surface area contributed by atoms with Gasteiger partial charge in [0.15, 0.2) is 0 Å². The van der Waals surface area contributed by atoms with Crippen molar-refractivity contribution in [3.05, 3.63) is 52.1 Å². The second-order valence-corrected chi connectivity index (χ2v) is 7.02. The smallest absolute Gasteiger partial charge is 0.259 e. The summed E-state index contributed by atoms with van der Waals surface area (Å²) in [6.07, 6.45) is 2.48. The van der Waals surface area contributed by atoms with Gasteiger partial charge in [0.1, 0.15) is 11.3 Å². The zero-order valence-electron chi connectivity index (χ0n) is 14.6. The van der Waals surface area contributed by atoms with Crippen LogP contribution in [-0.4, -0.2) is 34.9 Å². The molecule has 1 saturated heterocycles. The van der Waals surface area contributed by atoms with Gasteiger partial charge < -0.3 is 15.4 Å². The van der Waals surface area contributed by atoms with Crippen LogP contribution in [0, 0.1) is 5.92 Å². The van der Waals surface area contributed by atoms with Crippen LogP contribution in [0.3, 0.4) is 0 Å². The predicted molar refractivity (Wildman–Crippen MR) is 113 cm³/mol. The predicted octanol–water partition coefficient (Wildman–Crippen LogP) is 4.83. The Morgan fingerprint density at radius 3 is 2.70 bits per heavy atom. The fourth-order valence-electron chi connectivity index (χ4n) is 3.05. The number of ether oxygens (including phenoxy) is 1. The van der Waals surface area contributed by atoms with Crippen molar-refractivity contribution < 1.29 is 9.53 Å². The van der Waals surface area contributed by atoms with E-state index in [0.29, 0.717) is 40.4 Å². The van der Waals surface area contributed by atoms with E-state index in [1.165, 1.54) is 0 Å². The molecule has 5 nitrogen and oxygen atoms in total. The lowest BCUT2D eigenvalue weighted by molar-refractivity contribution is 0.0740. The number of rotatable bonds is 4. The van der Waals surface area contributed by atoms with Crippen LogP contribution < -0.4 is 10.5 Å². The highest BCUT2D eigenvalue weighted by Crippen LogP contribution is 2.33. The highest BCUT2D eigenvalue weighted by atomic mass is 35.5. The summed E-state index contributed by atoms with van der Waals surface area (Å²) >= 11 is 12.1. The molecule has 1 aromatic heterocycles. The normalized spacial score (nSPS) is 18.4. The average molecular weight is 453 g/mol. The zero-order valence-corrected chi connectivity index (χ0v) is 17.7. The molecule has 0 bridgehead atoms. The van der Waals surface area contributed by atoms with Crippen LogP contribution in [0.25, 0.3) is 0 Å². The van der Waals surface area contributed by atoms with Crippen molar-refractivity contribution in [1.82, 2.24) is 9.88 Å². The van der Waals surface area contributed by atoms with Crippen molar-refractivity contribution in [3.63, 3.8) is 0 Å². The minimum atomic E-state index is -0.114. The fraction of sp³-hybridized carbons (Fsp3) is 0.333. The van der Waals surface area contributed by atoms with Crippen molar-refractivity contribution in [1.29, 1.82) is 0 Å². The van der Waals surface area contributed by atoms with Crippen LogP contribution >= 0.6 is 48.0 Å². The number of nitrogens with zero attached hydrogens (tertiary/aromatic N) is 2. The van der Waals surface area contributed by atoms with Crippen molar-refractivity contribution in [2.24, 2.45) is 11.7 Å². The number of carbonyl (C=O) groups is 1. The number of pyridine rings is 1. The summed E-state index contributed by atoms with van der Waals surface area (Å²) in [5.74, 6) is 0.829. The lowest BCUT2D eigenvalue weighted by Gasteiger charge is -2.22. The van der Waals surface area contributed by atoms with Gasteiger partial charge in [0, 0.05) is 23.8 Å². The number of nitrogens with two attached hydrogens (primary N) is 1. The molecule has 148 valence electrons. The molecule has 1 aromatic carbocycles. The molecule has 1 amide bonds. The molecule has 1 aliphatic heterocycles. The molecule has 0 radical (unpaired) electrons. The Hall–Kier alpha value is -1.24. The first-order valence-corrected chi connectivity index (χ1v) is 8.84. The number of hydrogen-bond acceptors (Lipinski definition) is 4. The minimum absolute atomic E-state index is 0. The molecule has 2 unspecified atom stereocenters. The maximum absolute atomic E-state index is 13.0. The van der Waals surface area contributed by atoms with E-state index >= 15 is 0 Å². The molecule has 0 aliphatic carbocycles. The molecule has 2 heterocycles. The number of carbonyl (C=O) groups excluding carboxylic acids is 1. The van der Waals surface area contributed by atoms with Crippen molar-refractivity contribution in [2.75, 3.05) is 13.1 Å². The van der Waals surface area contributed by atoms with E-state index in [2.05, 4.69) is 4.98 Å². The minimum Gasteiger partial charge on any atom is -0.437 e. The summed E-state index contributed by atoms with van der Waals surface area (Å²) in [6.45, 7) is 3.25. The molecule has 0 saturated carbocycles. The van der Waals surface area contributed by atoms with Gasteiger partial charge in [-0.25, -0.2) is 4.98 Å². The van der Waals surface area contributed by atoms with Crippen LogP contribution in [0.4, 0.5) is 0 Å². The molecule has 2 N–H and O–H groups in total. The lowest BCUT2D eigenvalue weighted by Crippen LogP contribution is -2.34. The van der Waals surface area contributed by atoms with Gasteiger partial charge >= 0.3 is 0 Å². The third kappa shape index (κ3) is 5.39. The quantitative estimate of drug-likeness (QED) is 0.720. The van der Waals surface area contributed by atoms with Gasteiger partial charge in [-0.05, 0) is 56.1 Å². The van der Waals surface area contributed by atoms with Crippen LogP contribution in [-0.2, 0) is 0 Å². The number of likely N-dealkylation sites (tertiary alicyclic amines) is 1. The van der Waals surface area contributed by atoms with Crippen LogP contribution in [0.15, 0.2) is 36.5 Å². The van der Waals surface area contributed by atoms with Crippen molar-refractivity contribution in [2.45, 2.75) is 19.4 Å². The van der Waals surface area contributed by atoms with Gasteiger partial charge in [-0.2, -0.15) is 0 Å². The Morgan fingerprint density at radius 1 is 1.33 bits per heavy atom. The number of aromatic nitrogens is 1. The standard InChI is InChI=1S/C18H19Cl2N3O2.2ClH/c1-11-7-12(9-21)10-23(11)18(24)14-3-2-6-22-17(14)25-16-5-4-13(19)8-15(16)20;;/h2-6,8,11-12H,7,9-10,21H2,1H3;2*1H. The topological polar surface area (TPSA) is 68.5 Å². The Bertz CT molecular complexity index is 791. The fourth-order valence-corrected chi connectivity index (χ4v) is 3.49.